The van der Waals surface area contributed by atoms with E-state index in [4.69, 9.17) is 16.3 Å². The molecule has 1 aromatic carbocycles. The maximum atomic E-state index is 11.8. The van der Waals surface area contributed by atoms with Gasteiger partial charge in [-0.3, -0.25) is 0 Å². The van der Waals surface area contributed by atoms with Gasteiger partial charge in [0.1, 0.15) is 0 Å². The molecule has 0 spiro atoms. The van der Waals surface area contributed by atoms with Crippen LogP contribution < -0.4 is 4.90 Å². The van der Waals surface area contributed by atoms with Gasteiger partial charge in [-0.2, -0.15) is 0 Å². The lowest BCUT2D eigenvalue weighted by atomic mass is 9.90. The minimum atomic E-state index is -0.428. The molecule has 6 heteroatoms. The third-order valence-corrected chi connectivity index (χ3v) is 5.80. The smallest absolute Gasteiger partial charge is 0.351 e. The van der Waals surface area contributed by atoms with Crippen molar-refractivity contribution in [3.8, 4) is 0 Å². The van der Waals surface area contributed by atoms with Crippen LogP contribution in [0, 0.1) is 0 Å². The number of halogens is 1. The van der Waals surface area contributed by atoms with Gasteiger partial charge in [0.25, 0.3) is 0 Å². The number of rotatable bonds is 4. The number of hydrogen-bond acceptors (Lipinski definition) is 5. The summed E-state index contributed by atoms with van der Waals surface area (Å²) in [5.74, 6) is -0.428. The van der Waals surface area contributed by atoms with Crippen LogP contribution in [0.4, 0.5) is 5.13 Å². The zero-order chi connectivity index (χ0) is 16.4. The number of aromatic nitrogens is 1. The van der Waals surface area contributed by atoms with Gasteiger partial charge >= 0.3 is 5.97 Å². The predicted molar refractivity (Wildman–Crippen MR) is 93.6 cm³/mol. The normalized spacial score (nSPS) is 20.7. The molecule has 1 unspecified atom stereocenters. The van der Waals surface area contributed by atoms with E-state index in [2.05, 4.69) is 41.1 Å². The Labute approximate surface area is 145 Å². The Morgan fingerprint density at radius 1 is 1.43 bits per heavy atom. The van der Waals surface area contributed by atoms with Crippen molar-refractivity contribution in [2.45, 2.75) is 31.7 Å². The monoisotopic (exact) mass is 350 g/mol. The number of thiazole rings is 1. The summed E-state index contributed by atoms with van der Waals surface area (Å²) in [6.45, 7) is 3.17. The zero-order valence-electron chi connectivity index (χ0n) is 13.2. The first-order valence-corrected chi connectivity index (χ1v) is 8.79. The highest BCUT2D eigenvalue weighted by atomic mass is 35.5. The van der Waals surface area contributed by atoms with Crippen LogP contribution in [-0.2, 0) is 11.2 Å². The van der Waals surface area contributed by atoms with Crippen molar-refractivity contribution in [1.29, 1.82) is 0 Å². The highest BCUT2D eigenvalue weighted by Crippen LogP contribution is 2.40. The Hall–Kier alpha value is -1.59. The number of carbonyl (C=O) groups is 1. The van der Waals surface area contributed by atoms with E-state index in [1.165, 1.54) is 24.0 Å². The second-order valence-electron chi connectivity index (χ2n) is 6.02. The van der Waals surface area contributed by atoms with E-state index in [9.17, 15) is 4.79 Å². The fraction of sp³-hybridized carbons (Fsp3) is 0.412. The van der Waals surface area contributed by atoms with Crippen LogP contribution >= 0.6 is 22.9 Å². The molecular formula is C17H19ClN2O2S. The molecule has 0 radical (unpaired) electrons. The molecule has 1 saturated heterocycles. The minimum absolute atomic E-state index is 0.0179. The summed E-state index contributed by atoms with van der Waals surface area (Å²) < 4.78 is 4.77. The second-order valence-corrected chi connectivity index (χ2v) is 7.36. The lowest BCUT2D eigenvalue weighted by Gasteiger charge is -2.35. The zero-order valence-corrected chi connectivity index (χ0v) is 14.8. The molecule has 1 aromatic heterocycles. The van der Waals surface area contributed by atoms with E-state index in [1.807, 2.05) is 6.07 Å². The maximum Gasteiger partial charge on any atom is 0.351 e. The van der Waals surface area contributed by atoms with Crippen molar-refractivity contribution < 1.29 is 9.53 Å². The lowest BCUT2D eigenvalue weighted by Crippen LogP contribution is -2.43. The number of methoxy groups -OCH3 is 1. The van der Waals surface area contributed by atoms with Gasteiger partial charge in [0, 0.05) is 12.1 Å². The Bertz CT molecular complexity index is 704. The number of anilines is 1. The summed E-state index contributed by atoms with van der Waals surface area (Å²) in [5, 5.41) is 1.03. The first kappa shape index (κ1) is 16.3. The first-order chi connectivity index (χ1) is 11.0. The standard InChI is InChI=1S/C17H19ClN2O2S/c1-17(11-12-7-4-3-5-8-12)9-6-10-20(17)16-19-14(18)13(23-16)15(21)22-2/h3-5,7-8H,6,9-11H2,1-2H3. The van der Waals surface area contributed by atoms with Gasteiger partial charge in [0.2, 0.25) is 0 Å². The predicted octanol–water partition coefficient (Wildman–Crippen LogP) is 4.18. The van der Waals surface area contributed by atoms with E-state index in [0.717, 1.165) is 30.9 Å². The number of benzene rings is 1. The average molecular weight is 351 g/mol. The molecule has 0 saturated carbocycles. The van der Waals surface area contributed by atoms with E-state index < -0.39 is 5.97 Å². The molecule has 1 fully saturated rings. The first-order valence-electron chi connectivity index (χ1n) is 7.60. The summed E-state index contributed by atoms with van der Waals surface area (Å²) in [4.78, 5) is 18.8. The fourth-order valence-corrected chi connectivity index (χ4v) is 4.55. The lowest BCUT2D eigenvalue weighted by molar-refractivity contribution is 0.0606. The maximum absolute atomic E-state index is 11.8. The largest absolute Gasteiger partial charge is 0.465 e. The minimum Gasteiger partial charge on any atom is -0.465 e. The van der Waals surface area contributed by atoms with Crippen molar-refractivity contribution >= 4 is 34.0 Å². The number of esters is 1. The molecule has 1 aliphatic heterocycles. The molecule has 4 nitrogen and oxygen atoms in total. The molecule has 3 rings (SSSR count). The SMILES string of the molecule is COC(=O)c1sc(N2CCCC2(C)Cc2ccccc2)nc1Cl. The van der Waals surface area contributed by atoms with E-state index in [1.54, 1.807) is 0 Å². The molecule has 0 aliphatic carbocycles. The van der Waals surface area contributed by atoms with Gasteiger partial charge in [-0.15, -0.1) is 0 Å². The highest BCUT2D eigenvalue weighted by Gasteiger charge is 2.39. The number of ether oxygens (including phenoxy) is 1. The Balaban J connectivity index is 1.88. The van der Waals surface area contributed by atoms with Gasteiger partial charge < -0.3 is 9.64 Å². The van der Waals surface area contributed by atoms with Gasteiger partial charge in [-0.25, -0.2) is 9.78 Å². The molecule has 0 amide bonds. The third kappa shape index (κ3) is 3.21. The van der Waals surface area contributed by atoms with E-state index >= 15 is 0 Å². The molecule has 0 N–H and O–H groups in total. The summed E-state index contributed by atoms with van der Waals surface area (Å²) in [6, 6.07) is 10.5. The topological polar surface area (TPSA) is 42.4 Å². The van der Waals surface area contributed by atoms with Crippen LogP contribution in [-0.4, -0.2) is 30.1 Å². The van der Waals surface area contributed by atoms with Crippen molar-refractivity contribution in [3.63, 3.8) is 0 Å². The molecule has 0 bridgehead atoms. The van der Waals surface area contributed by atoms with Gasteiger partial charge in [-0.05, 0) is 31.7 Å². The third-order valence-electron chi connectivity index (χ3n) is 4.35. The van der Waals surface area contributed by atoms with Crippen LogP contribution in [0.25, 0.3) is 0 Å². The van der Waals surface area contributed by atoms with Crippen LogP contribution in [0.3, 0.4) is 0 Å². The molecule has 2 aromatic rings. The second kappa shape index (κ2) is 6.49. The molecule has 2 heterocycles. The van der Waals surface area contributed by atoms with Crippen molar-refractivity contribution in [2.75, 3.05) is 18.6 Å². The molecule has 23 heavy (non-hydrogen) atoms. The fourth-order valence-electron chi connectivity index (χ4n) is 3.19. The van der Waals surface area contributed by atoms with Gasteiger partial charge in [-0.1, -0.05) is 53.3 Å². The van der Waals surface area contributed by atoms with Crippen LogP contribution in [0.2, 0.25) is 5.15 Å². The summed E-state index contributed by atoms with van der Waals surface area (Å²) in [5.41, 5.74) is 1.29. The molecule has 1 aliphatic rings. The van der Waals surface area contributed by atoms with Gasteiger partial charge in [0.15, 0.2) is 15.2 Å². The molecule has 1 atom stereocenters. The Morgan fingerprint density at radius 2 is 2.17 bits per heavy atom. The summed E-state index contributed by atoms with van der Waals surface area (Å²) in [7, 11) is 1.35. The summed E-state index contributed by atoms with van der Waals surface area (Å²) in [6.07, 6.45) is 3.14. The van der Waals surface area contributed by atoms with Crippen LogP contribution in [0.15, 0.2) is 30.3 Å². The number of carbonyl (C=O) groups excluding carboxylic acids is 1. The molecule has 122 valence electrons. The Morgan fingerprint density at radius 3 is 2.87 bits per heavy atom. The number of hydrogen-bond donors (Lipinski definition) is 0. The van der Waals surface area contributed by atoms with Crippen LogP contribution in [0.1, 0.15) is 35.0 Å². The van der Waals surface area contributed by atoms with Crippen molar-refractivity contribution in [2.24, 2.45) is 0 Å². The van der Waals surface area contributed by atoms with Gasteiger partial charge in [0.05, 0.1) is 7.11 Å². The average Bonchev–Trinajstić information content (AvgIpc) is 3.10. The van der Waals surface area contributed by atoms with Crippen LogP contribution in [0.5, 0.6) is 0 Å². The van der Waals surface area contributed by atoms with Crippen molar-refractivity contribution in [1.82, 2.24) is 4.98 Å². The van der Waals surface area contributed by atoms with E-state index in [0.29, 0.717) is 4.88 Å². The molecular weight excluding hydrogens is 332 g/mol. The summed E-state index contributed by atoms with van der Waals surface area (Å²) >= 11 is 7.43. The number of nitrogens with zero attached hydrogens (tertiary/aromatic N) is 2. The van der Waals surface area contributed by atoms with E-state index in [-0.39, 0.29) is 10.7 Å². The quantitative estimate of drug-likeness (QED) is 0.775. The highest BCUT2D eigenvalue weighted by molar-refractivity contribution is 7.18. The van der Waals surface area contributed by atoms with Crippen molar-refractivity contribution in [3.05, 3.63) is 45.9 Å². The Kier molecular flexibility index (Phi) is 4.60.